The van der Waals surface area contributed by atoms with Crippen LogP contribution in [-0.2, 0) is 0 Å². The molecule has 3 aliphatic heterocycles. The van der Waals surface area contributed by atoms with Crippen LogP contribution >= 0.6 is 11.8 Å². The van der Waals surface area contributed by atoms with Gasteiger partial charge in [0.2, 0.25) is 0 Å². The van der Waals surface area contributed by atoms with Crippen LogP contribution in [0.4, 0.5) is 0 Å². The van der Waals surface area contributed by atoms with Crippen LogP contribution in [0.2, 0.25) is 0 Å². The first-order chi connectivity index (χ1) is 8.74. The summed E-state index contributed by atoms with van der Waals surface area (Å²) in [4.78, 5) is 7.52. The third-order valence-corrected chi connectivity index (χ3v) is 5.61. The summed E-state index contributed by atoms with van der Waals surface area (Å²) in [6.07, 6.45) is 5.49. The molecule has 0 aromatic heterocycles. The Morgan fingerprint density at radius 1 is 1.28 bits per heavy atom. The van der Waals surface area contributed by atoms with Crippen LogP contribution in [0.15, 0.2) is 4.99 Å². The van der Waals surface area contributed by atoms with Gasteiger partial charge >= 0.3 is 0 Å². The molecular weight excluding hydrogens is 242 g/mol. The second-order valence-electron chi connectivity index (χ2n) is 6.20. The molecule has 2 fully saturated rings. The van der Waals surface area contributed by atoms with Gasteiger partial charge in [0.25, 0.3) is 0 Å². The Morgan fingerprint density at radius 3 is 2.94 bits per heavy atom. The molecule has 0 bridgehead atoms. The van der Waals surface area contributed by atoms with Crippen molar-refractivity contribution in [2.45, 2.75) is 57.7 Å². The molecule has 0 spiro atoms. The molecule has 0 radical (unpaired) electrons. The smallest absolute Gasteiger partial charge is 0.157 e. The van der Waals surface area contributed by atoms with E-state index in [-0.39, 0.29) is 0 Å². The quantitative estimate of drug-likeness (QED) is 0.832. The SMILES string of the molecule is CC(C)C1CSC(NC2CCN3CCCCC23)=N1. The Hall–Kier alpha value is -0.220. The highest BCUT2D eigenvalue weighted by Crippen LogP contribution is 2.29. The summed E-state index contributed by atoms with van der Waals surface area (Å²) in [5.74, 6) is 1.84. The van der Waals surface area contributed by atoms with E-state index in [0.29, 0.717) is 18.0 Å². The van der Waals surface area contributed by atoms with Gasteiger partial charge in [0.05, 0.1) is 6.04 Å². The van der Waals surface area contributed by atoms with Gasteiger partial charge in [-0.2, -0.15) is 0 Å². The van der Waals surface area contributed by atoms with Crippen LogP contribution in [0.25, 0.3) is 0 Å². The van der Waals surface area contributed by atoms with Gasteiger partial charge in [-0.1, -0.05) is 32.0 Å². The highest BCUT2D eigenvalue weighted by atomic mass is 32.2. The lowest BCUT2D eigenvalue weighted by atomic mass is 9.99. The van der Waals surface area contributed by atoms with E-state index in [1.54, 1.807) is 0 Å². The second-order valence-corrected chi connectivity index (χ2v) is 7.20. The zero-order valence-corrected chi connectivity index (χ0v) is 12.4. The monoisotopic (exact) mass is 267 g/mol. The third kappa shape index (κ3) is 2.55. The number of nitrogens with one attached hydrogen (secondary N) is 1. The summed E-state index contributed by atoms with van der Waals surface area (Å²) in [5, 5.41) is 4.95. The van der Waals surface area contributed by atoms with Crippen molar-refractivity contribution in [3.05, 3.63) is 0 Å². The molecule has 0 aromatic carbocycles. The number of thioether (sulfide) groups is 1. The molecule has 18 heavy (non-hydrogen) atoms. The van der Waals surface area contributed by atoms with Crippen molar-refractivity contribution in [2.24, 2.45) is 10.9 Å². The number of hydrogen-bond donors (Lipinski definition) is 1. The van der Waals surface area contributed by atoms with Crippen LogP contribution in [-0.4, -0.2) is 47.0 Å². The van der Waals surface area contributed by atoms with Gasteiger partial charge in [-0.3, -0.25) is 9.89 Å². The standard InChI is InChI=1S/C14H25N3S/c1-10(2)12-9-18-14(16-12)15-11-6-8-17-7-4-3-5-13(11)17/h10-13H,3-9H2,1-2H3,(H,15,16). The van der Waals surface area contributed by atoms with Crippen LogP contribution < -0.4 is 5.32 Å². The summed E-state index contributed by atoms with van der Waals surface area (Å²) in [6.45, 7) is 7.15. The Morgan fingerprint density at radius 2 is 2.17 bits per heavy atom. The van der Waals surface area contributed by atoms with Crippen molar-refractivity contribution in [3.8, 4) is 0 Å². The van der Waals surface area contributed by atoms with Gasteiger partial charge < -0.3 is 5.32 Å². The molecule has 0 saturated carbocycles. The average molecular weight is 267 g/mol. The first-order valence-corrected chi connectivity index (χ1v) is 8.44. The van der Waals surface area contributed by atoms with Crippen molar-refractivity contribution < 1.29 is 0 Å². The number of nitrogens with zero attached hydrogens (tertiary/aromatic N) is 2. The lowest BCUT2D eigenvalue weighted by Gasteiger charge is -2.32. The molecule has 102 valence electrons. The van der Waals surface area contributed by atoms with Gasteiger partial charge in [0, 0.05) is 24.4 Å². The minimum Gasteiger partial charge on any atom is -0.361 e. The third-order valence-electron chi connectivity index (χ3n) is 4.61. The van der Waals surface area contributed by atoms with Crippen molar-refractivity contribution in [3.63, 3.8) is 0 Å². The maximum Gasteiger partial charge on any atom is 0.157 e. The van der Waals surface area contributed by atoms with Gasteiger partial charge in [0.15, 0.2) is 5.17 Å². The zero-order valence-electron chi connectivity index (χ0n) is 11.6. The summed E-state index contributed by atoms with van der Waals surface area (Å²) >= 11 is 1.93. The Kier molecular flexibility index (Phi) is 3.85. The Balaban J connectivity index is 1.58. The van der Waals surface area contributed by atoms with E-state index < -0.39 is 0 Å². The average Bonchev–Trinajstić information content (AvgIpc) is 2.98. The Labute approximate surface area is 115 Å². The topological polar surface area (TPSA) is 27.6 Å². The molecule has 3 aliphatic rings. The predicted octanol–water partition coefficient (Wildman–Crippen LogP) is 2.33. The van der Waals surface area contributed by atoms with E-state index in [2.05, 4.69) is 24.1 Å². The van der Waals surface area contributed by atoms with E-state index in [1.165, 1.54) is 49.7 Å². The molecule has 1 N–H and O–H groups in total. The molecule has 3 atom stereocenters. The van der Waals surface area contributed by atoms with Gasteiger partial charge in [-0.15, -0.1) is 0 Å². The molecule has 2 saturated heterocycles. The molecule has 3 rings (SSSR count). The molecule has 0 amide bonds. The fourth-order valence-corrected chi connectivity index (χ4v) is 4.62. The fraction of sp³-hybridized carbons (Fsp3) is 0.929. The summed E-state index contributed by atoms with van der Waals surface area (Å²) in [6, 6.07) is 1.96. The van der Waals surface area contributed by atoms with Crippen LogP contribution in [0.1, 0.15) is 39.5 Å². The number of rotatable bonds is 2. The van der Waals surface area contributed by atoms with Crippen molar-refractivity contribution in [2.75, 3.05) is 18.8 Å². The number of hydrogen-bond acceptors (Lipinski definition) is 4. The largest absolute Gasteiger partial charge is 0.361 e. The van der Waals surface area contributed by atoms with Crippen molar-refractivity contribution >= 4 is 16.9 Å². The molecule has 3 heterocycles. The maximum atomic E-state index is 4.84. The van der Waals surface area contributed by atoms with E-state index in [0.717, 1.165) is 6.04 Å². The number of amidine groups is 1. The highest BCUT2D eigenvalue weighted by Gasteiger charge is 2.36. The lowest BCUT2D eigenvalue weighted by Crippen LogP contribution is -2.46. The van der Waals surface area contributed by atoms with Crippen LogP contribution in [0.5, 0.6) is 0 Å². The normalized spacial score (nSPS) is 36.8. The number of piperidine rings is 1. The van der Waals surface area contributed by atoms with E-state index in [1.807, 2.05) is 11.8 Å². The van der Waals surface area contributed by atoms with Crippen molar-refractivity contribution in [1.29, 1.82) is 0 Å². The first kappa shape index (κ1) is 12.8. The number of aliphatic imine (C=N–C) groups is 1. The van der Waals surface area contributed by atoms with E-state index >= 15 is 0 Å². The van der Waals surface area contributed by atoms with Gasteiger partial charge in [-0.25, -0.2) is 0 Å². The molecule has 3 unspecified atom stereocenters. The molecule has 3 nitrogen and oxygen atoms in total. The first-order valence-electron chi connectivity index (χ1n) is 7.45. The maximum absolute atomic E-state index is 4.84. The molecule has 4 heteroatoms. The molecule has 0 aromatic rings. The predicted molar refractivity (Wildman–Crippen MR) is 79.3 cm³/mol. The minimum atomic E-state index is 0.529. The minimum absolute atomic E-state index is 0.529. The molecular formula is C14H25N3S. The fourth-order valence-electron chi connectivity index (χ4n) is 3.38. The van der Waals surface area contributed by atoms with Gasteiger partial charge in [-0.05, 0) is 31.7 Å². The summed E-state index contributed by atoms with van der Waals surface area (Å²) in [7, 11) is 0. The highest BCUT2D eigenvalue weighted by molar-refractivity contribution is 8.14. The van der Waals surface area contributed by atoms with Crippen LogP contribution in [0, 0.1) is 5.92 Å². The van der Waals surface area contributed by atoms with Gasteiger partial charge in [0.1, 0.15) is 0 Å². The molecule has 0 aliphatic carbocycles. The van der Waals surface area contributed by atoms with Crippen molar-refractivity contribution in [1.82, 2.24) is 10.2 Å². The van der Waals surface area contributed by atoms with Crippen LogP contribution in [0.3, 0.4) is 0 Å². The Bertz CT molecular complexity index is 329. The summed E-state index contributed by atoms with van der Waals surface area (Å²) in [5.41, 5.74) is 0. The summed E-state index contributed by atoms with van der Waals surface area (Å²) < 4.78 is 0. The zero-order chi connectivity index (χ0) is 12.5. The number of fused-ring (bicyclic) bond motifs is 1. The van der Waals surface area contributed by atoms with E-state index in [9.17, 15) is 0 Å². The second kappa shape index (κ2) is 5.41. The lowest BCUT2D eigenvalue weighted by molar-refractivity contribution is 0.185. The van der Waals surface area contributed by atoms with E-state index in [4.69, 9.17) is 4.99 Å².